The van der Waals surface area contributed by atoms with Crippen LogP contribution in [-0.2, 0) is 17.8 Å². The lowest BCUT2D eigenvalue weighted by Crippen LogP contribution is -2.36. The van der Waals surface area contributed by atoms with Crippen LogP contribution in [0.1, 0.15) is 35.2 Å². The van der Waals surface area contributed by atoms with Crippen molar-refractivity contribution in [3.63, 3.8) is 0 Å². The highest BCUT2D eigenvalue weighted by molar-refractivity contribution is 5.76. The third-order valence-corrected chi connectivity index (χ3v) is 5.92. The van der Waals surface area contributed by atoms with E-state index in [9.17, 15) is 4.79 Å². The van der Waals surface area contributed by atoms with Gasteiger partial charge in [-0.15, -0.1) is 0 Å². The second-order valence-corrected chi connectivity index (χ2v) is 8.53. The number of aryl methyl sites for hydroxylation is 2. The van der Waals surface area contributed by atoms with Crippen LogP contribution in [0.4, 0.5) is 0 Å². The van der Waals surface area contributed by atoms with Crippen LogP contribution in [0.25, 0.3) is 11.0 Å². The van der Waals surface area contributed by atoms with E-state index in [4.69, 9.17) is 5.41 Å². The molecule has 0 bridgehead atoms. The van der Waals surface area contributed by atoms with Gasteiger partial charge in [-0.3, -0.25) is 10.2 Å². The number of hydrogen-bond donors (Lipinski definition) is 2. The zero-order chi connectivity index (χ0) is 22.7. The average Bonchev–Trinajstić information content (AvgIpc) is 3.05. The first kappa shape index (κ1) is 21.6. The van der Waals surface area contributed by atoms with Gasteiger partial charge in [0.05, 0.1) is 23.6 Å². The van der Waals surface area contributed by atoms with Crippen molar-refractivity contribution in [1.82, 2.24) is 14.5 Å². The van der Waals surface area contributed by atoms with E-state index in [1.165, 1.54) is 23.6 Å². The van der Waals surface area contributed by atoms with Gasteiger partial charge in [-0.2, -0.15) is 0 Å². The Balaban J connectivity index is 1.79. The summed E-state index contributed by atoms with van der Waals surface area (Å²) in [6, 6.07) is 25.0. The molecule has 1 amide bonds. The van der Waals surface area contributed by atoms with Gasteiger partial charge in [0.25, 0.3) is 0 Å². The second kappa shape index (κ2) is 9.27. The quantitative estimate of drug-likeness (QED) is 0.449. The molecular formula is C27H30N4O. The van der Waals surface area contributed by atoms with E-state index >= 15 is 0 Å². The molecule has 32 heavy (non-hydrogen) atoms. The number of fused-ring (bicyclic) bond motifs is 1. The van der Waals surface area contributed by atoms with Crippen LogP contribution in [-0.4, -0.2) is 21.6 Å². The fraction of sp³-hybridized carbons (Fsp3) is 0.259. The number of imidazole rings is 1. The van der Waals surface area contributed by atoms with Crippen LogP contribution in [0.3, 0.4) is 0 Å². The summed E-state index contributed by atoms with van der Waals surface area (Å²) < 4.78 is 4.12. The molecule has 0 radical (unpaired) electrons. The van der Waals surface area contributed by atoms with Crippen LogP contribution in [0.15, 0.2) is 72.8 Å². The average molecular weight is 427 g/mol. The molecule has 1 aromatic heterocycles. The highest BCUT2D eigenvalue weighted by Crippen LogP contribution is 2.21. The van der Waals surface area contributed by atoms with Gasteiger partial charge in [-0.25, -0.2) is 0 Å². The van der Waals surface area contributed by atoms with Gasteiger partial charge >= 0.3 is 0 Å². The monoisotopic (exact) mass is 426 g/mol. The highest BCUT2D eigenvalue weighted by atomic mass is 16.1. The van der Waals surface area contributed by atoms with Crippen LogP contribution in [0.5, 0.6) is 0 Å². The third kappa shape index (κ3) is 4.67. The van der Waals surface area contributed by atoms with Crippen molar-refractivity contribution in [3.8, 4) is 0 Å². The van der Waals surface area contributed by atoms with Gasteiger partial charge in [-0.05, 0) is 43.5 Å². The van der Waals surface area contributed by atoms with E-state index in [0.717, 1.165) is 23.0 Å². The molecular weight excluding hydrogens is 396 g/mol. The van der Waals surface area contributed by atoms with Gasteiger partial charge < -0.3 is 14.5 Å². The molecule has 3 aromatic carbocycles. The van der Waals surface area contributed by atoms with Crippen molar-refractivity contribution in [2.24, 2.45) is 0 Å². The van der Waals surface area contributed by atoms with Crippen LogP contribution >= 0.6 is 0 Å². The fourth-order valence-corrected chi connectivity index (χ4v) is 4.17. The standard InChI is InChI=1S/C27H30N4O/c1-19-8-12-22(13-9-19)16-24(17-29-21(3)32)31-26-7-5-4-6-25(26)30(27(31)28)18-23-14-10-20(2)11-15-23/h4-15,24,28H,16-18H2,1-3H3,(H,29,32)/t24-/m0/s1. The molecule has 0 aliphatic rings. The number of hydrogen-bond acceptors (Lipinski definition) is 2. The Hall–Kier alpha value is -3.60. The lowest BCUT2D eigenvalue weighted by atomic mass is 10.0. The summed E-state index contributed by atoms with van der Waals surface area (Å²) in [6.45, 7) is 6.79. The number of nitrogens with one attached hydrogen (secondary N) is 2. The third-order valence-electron chi connectivity index (χ3n) is 5.92. The number of para-hydroxylation sites is 2. The summed E-state index contributed by atoms with van der Waals surface area (Å²) in [7, 11) is 0. The highest BCUT2D eigenvalue weighted by Gasteiger charge is 2.20. The summed E-state index contributed by atoms with van der Waals surface area (Å²) in [6.07, 6.45) is 0.732. The molecule has 0 unspecified atom stereocenters. The lowest BCUT2D eigenvalue weighted by Gasteiger charge is -2.20. The number of rotatable bonds is 7. The number of carbonyl (C=O) groups excluding carboxylic acids is 1. The Labute approximate surface area is 188 Å². The van der Waals surface area contributed by atoms with E-state index in [1.807, 2.05) is 12.1 Å². The predicted octanol–water partition coefficient (Wildman–Crippen LogP) is 4.51. The maximum atomic E-state index is 11.7. The van der Waals surface area contributed by atoms with Crippen LogP contribution < -0.4 is 10.9 Å². The van der Waals surface area contributed by atoms with Crippen LogP contribution in [0.2, 0.25) is 0 Å². The Morgan fingerprint density at radius 1 is 0.875 bits per heavy atom. The summed E-state index contributed by atoms with van der Waals surface area (Å²) in [5.41, 5.74) is 7.26. The van der Waals surface area contributed by atoms with Crippen molar-refractivity contribution < 1.29 is 4.79 Å². The maximum absolute atomic E-state index is 11.7. The number of nitrogens with zero attached hydrogens (tertiary/aromatic N) is 2. The number of carbonyl (C=O) groups is 1. The minimum Gasteiger partial charge on any atom is -0.354 e. The van der Waals surface area contributed by atoms with E-state index in [-0.39, 0.29) is 11.9 Å². The van der Waals surface area contributed by atoms with Crippen molar-refractivity contribution in [2.45, 2.75) is 39.8 Å². The Bertz CT molecular complexity index is 1280. The number of aromatic nitrogens is 2. The van der Waals surface area contributed by atoms with E-state index in [1.54, 1.807) is 0 Å². The first-order valence-electron chi connectivity index (χ1n) is 11.0. The largest absolute Gasteiger partial charge is 0.354 e. The molecule has 1 heterocycles. The summed E-state index contributed by atoms with van der Waals surface area (Å²) in [5, 5.41) is 12.1. The Morgan fingerprint density at radius 3 is 2.03 bits per heavy atom. The SMILES string of the molecule is CC(=O)NC[C@H](Cc1ccc(C)cc1)n1c(=N)n(Cc2ccc(C)cc2)c2ccccc21. The van der Waals surface area contributed by atoms with Gasteiger partial charge in [-0.1, -0.05) is 71.8 Å². The topological polar surface area (TPSA) is 62.8 Å². The fourth-order valence-electron chi connectivity index (χ4n) is 4.17. The summed E-state index contributed by atoms with van der Waals surface area (Å²) >= 11 is 0. The van der Waals surface area contributed by atoms with E-state index < -0.39 is 0 Å². The van der Waals surface area contributed by atoms with Crippen molar-refractivity contribution in [2.75, 3.05) is 6.54 Å². The van der Waals surface area contributed by atoms with Gasteiger partial charge in [0.15, 0.2) is 0 Å². The zero-order valence-electron chi connectivity index (χ0n) is 18.9. The van der Waals surface area contributed by atoms with Crippen molar-refractivity contribution in [3.05, 3.63) is 101 Å². The molecule has 0 spiro atoms. The van der Waals surface area contributed by atoms with Gasteiger partial charge in [0.1, 0.15) is 0 Å². The minimum atomic E-state index is -0.0710. The van der Waals surface area contributed by atoms with E-state index in [0.29, 0.717) is 18.7 Å². The zero-order valence-corrected chi connectivity index (χ0v) is 18.9. The predicted molar refractivity (Wildman–Crippen MR) is 129 cm³/mol. The molecule has 1 atom stereocenters. The molecule has 0 fully saturated rings. The first-order valence-corrected chi connectivity index (χ1v) is 11.0. The minimum absolute atomic E-state index is 0.0607. The first-order chi connectivity index (χ1) is 15.4. The number of benzene rings is 3. The van der Waals surface area contributed by atoms with Gasteiger partial charge in [0.2, 0.25) is 11.5 Å². The van der Waals surface area contributed by atoms with Crippen LogP contribution in [0, 0.1) is 19.3 Å². The molecule has 5 heteroatoms. The second-order valence-electron chi connectivity index (χ2n) is 8.53. The lowest BCUT2D eigenvalue weighted by molar-refractivity contribution is -0.119. The molecule has 2 N–H and O–H groups in total. The Morgan fingerprint density at radius 2 is 1.44 bits per heavy atom. The van der Waals surface area contributed by atoms with Crippen molar-refractivity contribution in [1.29, 1.82) is 5.41 Å². The Kier molecular flexibility index (Phi) is 6.26. The molecule has 4 aromatic rings. The molecule has 0 saturated heterocycles. The van der Waals surface area contributed by atoms with E-state index in [2.05, 4.69) is 89.0 Å². The molecule has 5 nitrogen and oxygen atoms in total. The maximum Gasteiger partial charge on any atom is 0.216 e. The molecule has 4 rings (SSSR count). The smallest absolute Gasteiger partial charge is 0.216 e. The number of amides is 1. The van der Waals surface area contributed by atoms with Gasteiger partial charge in [0, 0.05) is 13.5 Å². The molecule has 164 valence electrons. The molecule has 0 aliphatic carbocycles. The van der Waals surface area contributed by atoms with Crippen molar-refractivity contribution >= 4 is 16.9 Å². The molecule has 0 saturated carbocycles. The summed E-state index contributed by atoms with van der Waals surface area (Å²) in [4.78, 5) is 11.7. The summed E-state index contributed by atoms with van der Waals surface area (Å²) in [5.74, 6) is -0.0607. The molecule has 0 aliphatic heterocycles. The normalized spacial score (nSPS) is 12.1.